The number of hydrogen-bond acceptors (Lipinski definition) is 3. The minimum atomic E-state index is -4.91. The Bertz CT molecular complexity index is 633. The minimum absolute atomic E-state index is 0.0737. The molecule has 1 aromatic carbocycles. The Morgan fingerprint density at radius 3 is 2.05 bits per heavy atom. The molecule has 2 aromatic rings. The fraction of sp³-hybridized carbons (Fsp3) is 0.200. The Kier molecular flexibility index (Phi) is 3.97. The van der Waals surface area contributed by atoms with E-state index in [1.807, 2.05) is 0 Å². The van der Waals surface area contributed by atoms with Gasteiger partial charge in [-0.1, -0.05) is 17.4 Å². The highest BCUT2D eigenvalue weighted by molar-refractivity contribution is 14.1. The Hall–Kier alpha value is -0.910. The predicted molar refractivity (Wildman–Crippen MR) is 68.1 cm³/mol. The molecule has 0 fully saturated rings. The molecule has 0 spiro atoms. The molecule has 0 aliphatic carbocycles. The summed E-state index contributed by atoms with van der Waals surface area (Å²) in [6.07, 6.45) is -9.75. The second-order valence-electron chi connectivity index (χ2n) is 3.62. The molecule has 108 valence electrons. The third-order valence-electron chi connectivity index (χ3n) is 2.28. The lowest BCUT2D eigenvalue weighted by Gasteiger charge is -2.14. The van der Waals surface area contributed by atoms with Gasteiger partial charge in [-0.2, -0.15) is 26.3 Å². The number of halogens is 7. The Morgan fingerprint density at radius 2 is 1.60 bits per heavy atom. The molecule has 20 heavy (non-hydrogen) atoms. The van der Waals surface area contributed by atoms with Crippen molar-refractivity contribution in [2.75, 3.05) is 0 Å². The smallest absolute Gasteiger partial charge is 0.166 e. The molecule has 0 saturated carbocycles. The average Bonchev–Trinajstić information content (AvgIpc) is 2.72. The van der Waals surface area contributed by atoms with Gasteiger partial charge in [0.2, 0.25) is 0 Å². The Balaban J connectivity index is 2.64. The molecule has 0 radical (unpaired) electrons. The zero-order valence-electron chi connectivity index (χ0n) is 9.18. The first-order valence-electron chi connectivity index (χ1n) is 4.87. The van der Waals surface area contributed by atoms with Crippen molar-refractivity contribution in [1.82, 2.24) is 10.2 Å². The van der Waals surface area contributed by atoms with Crippen LogP contribution in [0.25, 0.3) is 10.6 Å². The van der Waals surface area contributed by atoms with Crippen LogP contribution in [0, 0.1) is 3.01 Å². The minimum Gasteiger partial charge on any atom is -0.166 e. The summed E-state index contributed by atoms with van der Waals surface area (Å²) in [6, 6.07) is 1.45. The second kappa shape index (κ2) is 5.13. The van der Waals surface area contributed by atoms with Crippen LogP contribution in [0.15, 0.2) is 18.2 Å². The molecule has 2 rings (SSSR count). The molecule has 10 heteroatoms. The summed E-state index contributed by atoms with van der Waals surface area (Å²) in [5, 5.41) is 7.01. The van der Waals surface area contributed by atoms with E-state index in [0.717, 1.165) is 17.4 Å². The van der Waals surface area contributed by atoms with Gasteiger partial charge in [-0.25, -0.2) is 0 Å². The fourth-order valence-corrected chi connectivity index (χ4v) is 2.80. The van der Waals surface area contributed by atoms with Gasteiger partial charge in [-0.15, -0.1) is 10.2 Å². The zero-order valence-corrected chi connectivity index (χ0v) is 12.2. The third kappa shape index (κ3) is 3.22. The summed E-state index contributed by atoms with van der Waals surface area (Å²) in [4.78, 5) is 0. The van der Waals surface area contributed by atoms with Crippen LogP contribution in [0.2, 0.25) is 0 Å². The lowest BCUT2D eigenvalue weighted by atomic mass is 10.0. The molecule has 0 amide bonds. The summed E-state index contributed by atoms with van der Waals surface area (Å²) < 4.78 is 76.6. The number of alkyl halides is 6. The highest BCUT2D eigenvalue weighted by Gasteiger charge is 2.38. The maximum atomic E-state index is 12.9. The average molecular weight is 424 g/mol. The molecular formula is C10H3F6IN2S. The molecule has 0 N–H and O–H groups in total. The summed E-state index contributed by atoms with van der Waals surface area (Å²) in [5.74, 6) is 0. The number of nitrogens with zero attached hydrogens (tertiary/aromatic N) is 2. The molecule has 1 heterocycles. The molecule has 0 unspecified atom stereocenters. The van der Waals surface area contributed by atoms with Crippen LogP contribution in [0.1, 0.15) is 11.1 Å². The molecule has 0 atom stereocenters. The van der Waals surface area contributed by atoms with E-state index >= 15 is 0 Å². The van der Waals surface area contributed by atoms with Gasteiger partial charge in [0, 0.05) is 5.56 Å². The normalized spacial score (nSPS) is 12.8. The molecule has 0 bridgehead atoms. The van der Waals surface area contributed by atoms with E-state index in [1.54, 1.807) is 22.6 Å². The van der Waals surface area contributed by atoms with E-state index in [9.17, 15) is 26.3 Å². The van der Waals surface area contributed by atoms with E-state index < -0.39 is 29.0 Å². The van der Waals surface area contributed by atoms with Crippen LogP contribution in [-0.2, 0) is 12.4 Å². The van der Waals surface area contributed by atoms with Gasteiger partial charge >= 0.3 is 12.4 Å². The van der Waals surface area contributed by atoms with Gasteiger partial charge in [0.15, 0.2) is 3.01 Å². The van der Waals surface area contributed by atoms with Crippen molar-refractivity contribution in [2.24, 2.45) is 0 Å². The second-order valence-corrected chi connectivity index (χ2v) is 6.35. The lowest BCUT2D eigenvalue weighted by molar-refractivity contribution is -0.142. The van der Waals surface area contributed by atoms with Gasteiger partial charge in [0.05, 0.1) is 11.1 Å². The van der Waals surface area contributed by atoms with E-state index in [1.165, 1.54) is 0 Å². The van der Waals surface area contributed by atoms with Gasteiger partial charge in [0.25, 0.3) is 0 Å². The highest BCUT2D eigenvalue weighted by atomic mass is 127. The quantitative estimate of drug-likeness (QED) is 0.484. The third-order valence-corrected chi connectivity index (χ3v) is 3.90. The summed E-state index contributed by atoms with van der Waals surface area (Å²) >= 11 is 2.63. The van der Waals surface area contributed by atoms with Crippen LogP contribution in [0.4, 0.5) is 26.3 Å². The molecule has 0 saturated heterocycles. The maximum absolute atomic E-state index is 12.9. The van der Waals surface area contributed by atoms with Gasteiger partial charge in [-0.05, 0) is 34.7 Å². The summed E-state index contributed by atoms with van der Waals surface area (Å²) in [5.41, 5.74) is -3.14. The van der Waals surface area contributed by atoms with Crippen LogP contribution in [-0.4, -0.2) is 10.2 Å². The van der Waals surface area contributed by atoms with Gasteiger partial charge < -0.3 is 0 Å². The van der Waals surface area contributed by atoms with Crippen molar-refractivity contribution in [3.05, 3.63) is 32.3 Å². The van der Waals surface area contributed by atoms with Crippen molar-refractivity contribution >= 4 is 33.9 Å². The SMILES string of the molecule is FC(F)(F)c1ccc(-c2nnc(I)s2)c(C(F)(F)F)c1. The van der Waals surface area contributed by atoms with E-state index in [2.05, 4.69) is 10.2 Å². The van der Waals surface area contributed by atoms with Crippen LogP contribution >= 0.6 is 33.9 Å². The molecule has 0 aliphatic heterocycles. The van der Waals surface area contributed by atoms with Crippen molar-refractivity contribution < 1.29 is 26.3 Å². The van der Waals surface area contributed by atoms with Crippen molar-refractivity contribution in [3.63, 3.8) is 0 Å². The zero-order chi connectivity index (χ0) is 15.1. The molecule has 0 aliphatic rings. The molecule has 2 nitrogen and oxygen atoms in total. The van der Waals surface area contributed by atoms with Crippen molar-refractivity contribution in [3.8, 4) is 10.6 Å². The largest absolute Gasteiger partial charge is 0.417 e. The first-order valence-corrected chi connectivity index (χ1v) is 6.76. The van der Waals surface area contributed by atoms with E-state index in [-0.39, 0.29) is 11.1 Å². The highest BCUT2D eigenvalue weighted by Crippen LogP contribution is 2.41. The number of aromatic nitrogens is 2. The maximum Gasteiger partial charge on any atom is 0.417 e. The first-order chi connectivity index (χ1) is 9.09. The van der Waals surface area contributed by atoms with Crippen molar-refractivity contribution in [2.45, 2.75) is 12.4 Å². The van der Waals surface area contributed by atoms with Gasteiger partial charge in [-0.3, -0.25) is 0 Å². The standard InChI is InChI=1S/C10H3F6IN2S/c11-9(12,13)4-1-2-5(6(3-4)10(14,15)16)7-18-19-8(17)20-7/h1-3H. The van der Waals surface area contributed by atoms with Crippen molar-refractivity contribution in [1.29, 1.82) is 0 Å². The molecule has 1 aromatic heterocycles. The lowest BCUT2D eigenvalue weighted by Crippen LogP contribution is -2.12. The molecular weight excluding hydrogens is 421 g/mol. The number of hydrogen-bond donors (Lipinski definition) is 0. The summed E-state index contributed by atoms with van der Waals surface area (Å²) in [6.45, 7) is 0. The van der Waals surface area contributed by atoms with Crippen LogP contribution < -0.4 is 0 Å². The summed E-state index contributed by atoms with van der Waals surface area (Å²) in [7, 11) is 0. The fourth-order valence-electron chi connectivity index (χ4n) is 1.46. The Morgan fingerprint density at radius 1 is 0.950 bits per heavy atom. The Labute approximate surface area is 126 Å². The first kappa shape index (κ1) is 15.5. The number of rotatable bonds is 1. The van der Waals surface area contributed by atoms with E-state index in [4.69, 9.17) is 0 Å². The van der Waals surface area contributed by atoms with Gasteiger partial charge in [0.1, 0.15) is 5.01 Å². The number of benzene rings is 1. The van der Waals surface area contributed by atoms with E-state index in [0.29, 0.717) is 9.08 Å². The van der Waals surface area contributed by atoms with Crippen LogP contribution in [0.5, 0.6) is 0 Å². The van der Waals surface area contributed by atoms with Crippen LogP contribution in [0.3, 0.4) is 0 Å². The predicted octanol–water partition coefficient (Wildman–Crippen LogP) is 4.85. The monoisotopic (exact) mass is 424 g/mol. The topological polar surface area (TPSA) is 25.8 Å².